The maximum atomic E-state index is 12.1. The highest BCUT2D eigenvalue weighted by atomic mass is 16.5. The Hall–Kier alpha value is -1.58. The molecule has 1 aliphatic carbocycles. The molecule has 106 valence electrons. The third kappa shape index (κ3) is 4.54. The molecular weight excluding hydrogens is 244 g/mol. The van der Waals surface area contributed by atoms with E-state index in [4.69, 9.17) is 9.84 Å². The summed E-state index contributed by atoms with van der Waals surface area (Å²) in [6.45, 7) is 9.23. The monoisotopic (exact) mass is 266 g/mol. The van der Waals surface area contributed by atoms with Gasteiger partial charge in [-0.1, -0.05) is 19.1 Å². The van der Waals surface area contributed by atoms with Crippen molar-refractivity contribution in [3.8, 4) is 0 Å². The number of hydrogen-bond acceptors (Lipinski definition) is 3. The van der Waals surface area contributed by atoms with E-state index in [1.807, 2.05) is 6.92 Å². The Morgan fingerprint density at radius 3 is 2.58 bits per heavy atom. The van der Waals surface area contributed by atoms with E-state index in [-0.39, 0.29) is 18.0 Å². The summed E-state index contributed by atoms with van der Waals surface area (Å²) in [6.07, 6.45) is 4.37. The normalized spacial score (nSPS) is 24.3. The summed E-state index contributed by atoms with van der Waals surface area (Å²) in [6, 6.07) is 0. The molecule has 0 aromatic rings. The first kappa shape index (κ1) is 15.5. The SMILES string of the molecule is C=CCC(OC(=O)C1CCCC(C(=O)O)C1)C(=C)C. The molecule has 0 radical (unpaired) electrons. The van der Waals surface area contributed by atoms with Crippen molar-refractivity contribution in [3.63, 3.8) is 0 Å². The van der Waals surface area contributed by atoms with Crippen LogP contribution in [0.1, 0.15) is 39.0 Å². The quantitative estimate of drug-likeness (QED) is 0.593. The molecule has 0 aromatic heterocycles. The van der Waals surface area contributed by atoms with Crippen LogP contribution in [0.2, 0.25) is 0 Å². The van der Waals surface area contributed by atoms with E-state index < -0.39 is 11.9 Å². The molecule has 4 nitrogen and oxygen atoms in total. The molecule has 1 aliphatic rings. The lowest BCUT2D eigenvalue weighted by molar-refractivity contribution is -0.155. The second kappa shape index (κ2) is 7.12. The van der Waals surface area contributed by atoms with Crippen LogP contribution in [0.25, 0.3) is 0 Å². The zero-order chi connectivity index (χ0) is 14.4. The number of hydrogen-bond donors (Lipinski definition) is 1. The standard InChI is InChI=1S/C15H22O4/c1-4-6-13(10(2)3)19-15(18)12-8-5-7-11(9-12)14(16)17/h4,11-13H,1-2,5-9H2,3H3,(H,16,17). The molecule has 3 unspecified atom stereocenters. The predicted molar refractivity (Wildman–Crippen MR) is 72.6 cm³/mol. The minimum absolute atomic E-state index is 0.304. The van der Waals surface area contributed by atoms with Crippen LogP contribution < -0.4 is 0 Å². The average Bonchev–Trinajstić information content (AvgIpc) is 2.38. The van der Waals surface area contributed by atoms with Gasteiger partial charge in [-0.2, -0.15) is 0 Å². The van der Waals surface area contributed by atoms with Gasteiger partial charge in [0.2, 0.25) is 0 Å². The van der Waals surface area contributed by atoms with E-state index in [2.05, 4.69) is 13.2 Å². The van der Waals surface area contributed by atoms with Gasteiger partial charge in [-0.15, -0.1) is 6.58 Å². The van der Waals surface area contributed by atoms with Crippen molar-refractivity contribution in [2.24, 2.45) is 11.8 Å². The van der Waals surface area contributed by atoms with Crippen LogP contribution >= 0.6 is 0 Å². The Bertz CT molecular complexity index is 372. The van der Waals surface area contributed by atoms with Gasteiger partial charge in [-0.05, 0) is 31.8 Å². The van der Waals surface area contributed by atoms with Crippen LogP contribution in [-0.4, -0.2) is 23.1 Å². The van der Waals surface area contributed by atoms with Crippen molar-refractivity contribution in [1.29, 1.82) is 0 Å². The Morgan fingerprint density at radius 2 is 2.05 bits per heavy atom. The lowest BCUT2D eigenvalue weighted by atomic mass is 9.81. The first-order valence-corrected chi connectivity index (χ1v) is 6.65. The van der Waals surface area contributed by atoms with Crippen molar-refractivity contribution in [2.45, 2.75) is 45.1 Å². The minimum Gasteiger partial charge on any atom is -0.481 e. The topological polar surface area (TPSA) is 63.6 Å². The highest BCUT2D eigenvalue weighted by molar-refractivity contribution is 5.75. The second-order valence-electron chi connectivity index (χ2n) is 5.19. The molecule has 4 heteroatoms. The fourth-order valence-corrected chi connectivity index (χ4v) is 2.37. The van der Waals surface area contributed by atoms with E-state index in [0.717, 1.165) is 12.0 Å². The van der Waals surface area contributed by atoms with E-state index in [1.165, 1.54) is 0 Å². The van der Waals surface area contributed by atoms with Crippen molar-refractivity contribution in [2.75, 3.05) is 0 Å². The maximum Gasteiger partial charge on any atom is 0.309 e. The molecule has 0 heterocycles. The van der Waals surface area contributed by atoms with Gasteiger partial charge in [0.1, 0.15) is 6.10 Å². The van der Waals surface area contributed by atoms with Crippen LogP contribution in [0.15, 0.2) is 24.8 Å². The van der Waals surface area contributed by atoms with Crippen LogP contribution in [-0.2, 0) is 14.3 Å². The zero-order valence-electron chi connectivity index (χ0n) is 11.4. The Kier molecular flexibility index (Phi) is 5.80. The van der Waals surface area contributed by atoms with Gasteiger partial charge in [0.15, 0.2) is 0 Å². The summed E-state index contributed by atoms with van der Waals surface area (Å²) in [4.78, 5) is 23.0. The fraction of sp³-hybridized carbons (Fsp3) is 0.600. The maximum absolute atomic E-state index is 12.1. The number of rotatable bonds is 6. The van der Waals surface area contributed by atoms with E-state index >= 15 is 0 Å². The molecule has 1 fully saturated rings. The van der Waals surface area contributed by atoms with Gasteiger partial charge in [0.25, 0.3) is 0 Å². The third-order valence-electron chi connectivity index (χ3n) is 3.55. The smallest absolute Gasteiger partial charge is 0.309 e. The molecule has 0 saturated heterocycles. The van der Waals surface area contributed by atoms with Crippen LogP contribution in [0.4, 0.5) is 0 Å². The second-order valence-corrected chi connectivity index (χ2v) is 5.19. The van der Waals surface area contributed by atoms with Gasteiger partial charge in [0.05, 0.1) is 11.8 Å². The number of carbonyl (C=O) groups excluding carboxylic acids is 1. The highest BCUT2D eigenvalue weighted by Crippen LogP contribution is 2.30. The number of aliphatic carboxylic acids is 1. The summed E-state index contributed by atoms with van der Waals surface area (Å²) in [5.41, 5.74) is 0.777. The molecule has 3 atom stereocenters. The molecule has 1 saturated carbocycles. The summed E-state index contributed by atoms with van der Waals surface area (Å²) in [5.74, 6) is -1.85. The molecule has 1 rings (SSSR count). The lowest BCUT2D eigenvalue weighted by Crippen LogP contribution is -2.31. The van der Waals surface area contributed by atoms with Gasteiger partial charge in [-0.3, -0.25) is 9.59 Å². The third-order valence-corrected chi connectivity index (χ3v) is 3.55. The Balaban J connectivity index is 2.58. The van der Waals surface area contributed by atoms with Crippen LogP contribution in [0, 0.1) is 11.8 Å². The van der Waals surface area contributed by atoms with Crippen molar-refractivity contribution < 1.29 is 19.4 Å². The number of ether oxygens (including phenoxy) is 1. The molecule has 0 spiro atoms. The lowest BCUT2D eigenvalue weighted by Gasteiger charge is -2.27. The molecule has 0 aromatic carbocycles. The van der Waals surface area contributed by atoms with E-state index in [0.29, 0.717) is 25.7 Å². The first-order valence-electron chi connectivity index (χ1n) is 6.65. The number of carboxylic acid groups (broad SMARTS) is 1. The first-order chi connectivity index (χ1) is 8.95. The number of esters is 1. The molecule has 1 N–H and O–H groups in total. The molecular formula is C15H22O4. The van der Waals surface area contributed by atoms with Gasteiger partial charge in [0, 0.05) is 6.42 Å². The molecule has 19 heavy (non-hydrogen) atoms. The summed E-state index contributed by atoms with van der Waals surface area (Å²) >= 11 is 0. The largest absolute Gasteiger partial charge is 0.481 e. The fourth-order valence-electron chi connectivity index (χ4n) is 2.37. The Labute approximate surface area is 114 Å². The molecule has 0 aliphatic heterocycles. The minimum atomic E-state index is -0.819. The number of carboxylic acids is 1. The summed E-state index contributed by atoms with van der Waals surface area (Å²) < 4.78 is 5.42. The van der Waals surface area contributed by atoms with Gasteiger partial charge >= 0.3 is 11.9 Å². The zero-order valence-corrected chi connectivity index (χ0v) is 11.4. The van der Waals surface area contributed by atoms with Gasteiger partial charge < -0.3 is 9.84 Å². The van der Waals surface area contributed by atoms with E-state index in [1.54, 1.807) is 6.08 Å². The summed E-state index contributed by atoms with van der Waals surface area (Å²) in [5, 5.41) is 9.01. The van der Waals surface area contributed by atoms with Crippen LogP contribution in [0.5, 0.6) is 0 Å². The van der Waals surface area contributed by atoms with Crippen molar-refractivity contribution in [3.05, 3.63) is 24.8 Å². The average molecular weight is 266 g/mol. The highest BCUT2D eigenvalue weighted by Gasteiger charge is 2.32. The van der Waals surface area contributed by atoms with Crippen LogP contribution in [0.3, 0.4) is 0 Å². The molecule has 0 amide bonds. The molecule has 0 bridgehead atoms. The Morgan fingerprint density at radius 1 is 1.42 bits per heavy atom. The summed E-state index contributed by atoms with van der Waals surface area (Å²) in [7, 11) is 0. The van der Waals surface area contributed by atoms with E-state index in [9.17, 15) is 9.59 Å². The van der Waals surface area contributed by atoms with Crippen molar-refractivity contribution in [1.82, 2.24) is 0 Å². The van der Waals surface area contributed by atoms with Gasteiger partial charge in [-0.25, -0.2) is 0 Å². The van der Waals surface area contributed by atoms with Crippen molar-refractivity contribution >= 4 is 11.9 Å². The predicted octanol–water partition coefficient (Wildman–Crippen LogP) is 2.94. The number of carbonyl (C=O) groups is 2.